The van der Waals surface area contributed by atoms with Gasteiger partial charge in [-0.2, -0.15) is 0 Å². The minimum absolute atomic E-state index is 0.0188. The number of carbonyl (C=O) groups is 2. The van der Waals surface area contributed by atoms with E-state index in [1.54, 1.807) is 18.2 Å². The highest BCUT2D eigenvalue weighted by molar-refractivity contribution is 6.34. The zero-order chi connectivity index (χ0) is 19.0. The second-order valence-corrected chi connectivity index (χ2v) is 6.86. The van der Waals surface area contributed by atoms with Crippen molar-refractivity contribution in [1.29, 1.82) is 0 Å². The summed E-state index contributed by atoms with van der Waals surface area (Å²) < 4.78 is 13.3. The number of nitrogens with zero attached hydrogens (tertiary/aromatic N) is 1. The number of rotatable bonds is 4. The molecule has 0 aromatic heterocycles. The van der Waals surface area contributed by atoms with E-state index in [9.17, 15) is 19.1 Å². The summed E-state index contributed by atoms with van der Waals surface area (Å²) in [6.07, 6.45) is 0. The predicted octanol–water partition coefficient (Wildman–Crippen LogP) is 4.62. The number of halogens is 3. The average molecular weight is 394 g/mol. The first-order chi connectivity index (χ1) is 12.3. The second kappa shape index (κ2) is 7.09. The van der Waals surface area contributed by atoms with Gasteiger partial charge in [0.2, 0.25) is 0 Å². The molecule has 7 heteroatoms. The van der Waals surface area contributed by atoms with E-state index in [1.165, 1.54) is 36.1 Å². The largest absolute Gasteiger partial charge is 0.503 e. The molecule has 134 valence electrons. The van der Waals surface area contributed by atoms with E-state index in [0.29, 0.717) is 21.2 Å². The monoisotopic (exact) mass is 393 g/mol. The Kier molecular flexibility index (Phi) is 5.03. The molecule has 2 aromatic carbocycles. The van der Waals surface area contributed by atoms with Gasteiger partial charge < -0.3 is 10.0 Å². The molecular formula is C19H14Cl2FNO3. The zero-order valence-corrected chi connectivity index (χ0v) is 15.2. The lowest BCUT2D eigenvalue weighted by Gasteiger charge is -2.27. The Morgan fingerprint density at radius 1 is 1.15 bits per heavy atom. The molecule has 1 aliphatic heterocycles. The molecule has 0 spiro atoms. The maximum absolute atomic E-state index is 13.3. The summed E-state index contributed by atoms with van der Waals surface area (Å²) in [6.45, 7) is 1.34. The molecule has 0 radical (unpaired) electrons. The van der Waals surface area contributed by atoms with Crippen molar-refractivity contribution in [3.05, 3.63) is 80.8 Å². The van der Waals surface area contributed by atoms with Crippen molar-refractivity contribution in [2.75, 3.05) is 0 Å². The van der Waals surface area contributed by atoms with Crippen LogP contribution in [-0.2, 0) is 16.1 Å². The van der Waals surface area contributed by atoms with Gasteiger partial charge in [-0.1, -0.05) is 35.3 Å². The molecule has 2 aromatic rings. The number of Topliss-reactive ketones (excluding diaryl/α,β-unsaturated/α-hetero) is 1. The number of aliphatic hydroxyl groups is 1. The Labute approximate surface area is 159 Å². The third kappa shape index (κ3) is 3.45. The van der Waals surface area contributed by atoms with Crippen LogP contribution in [0.2, 0.25) is 10.0 Å². The van der Waals surface area contributed by atoms with Crippen LogP contribution in [0.3, 0.4) is 0 Å². The van der Waals surface area contributed by atoms with Crippen LogP contribution in [0.5, 0.6) is 0 Å². The van der Waals surface area contributed by atoms with E-state index in [0.717, 1.165) is 0 Å². The first-order valence-corrected chi connectivity index (χ1v) is 8.49. The fourth-order valence-corrected chi connectivity index (χ4v) is 3.64. The highest BCUT2D eigenvalue weighted by atomic mass is 35.5. The van der Waals surface area contributed by atoms with Crippen molar-refractivity contribution in [2.45, 2.75) is 19.5 Å². The molecule has 0 saturated carbocycles. The molecule has 3 rings (SSSR count). The van der Waals surface area contributed by atoms with Gasteiger partial charge in [-0.15, -0.1) is 0 Å². The zero-order valence-electron chi connectivity index (χ0n) is 13.7. The van der Waals surface area contributed by atoms with Gasteiger partial charge in [0.05, 0.1) is 11.6 Å². The van der Waals surface area contributed by atoms with Gasteiger partial charge in [0.1, 0.15) is 5.82 Å². The van der Waals surface area contributed by atoms with Crippen molar-refractivity contribution in [3.8, 4) is 0 Å². The van der Waals surface area contributed by atoms with Gasteiger partial charge in [0, 0.05) is 16.6 Å². The van der Waals surface area contributed by atoms with Gasteiger partial charge in [-0.05, 0) is 48.4 Å². The lowest BCUT2D eigenvalue weighted by Crippen LogP contribution is -2.30. The van der Waals surface area contributed by atoms with Crippen LogP contribution in [0.4, 0.5) is 4.39 Å². The molecule has 1 heterocycles. The molecule has 26 heavy (non-hydrogen) atoms. The SMILES string of the molecule is CC(=O)C1=C(O)C(=O)N(Cc2cc(Cl)cc(Cl)c2)C1c1ccc(F)cc1. The fourth-order valence-electron chi connectivity index (χ4n) is 3.07. The number of hydrogen-bond acceptors (Lipinski definition) is 3. The predicted molar refractivity (Wildman–Crippen MR) is 96.5 cm³/mol. The van der Waals surface area contributed by atoms with Crippen LogP contribution in [0.15, 0.2) is 53.8 Å². The van der Waals surface area contributed by atoms with E-state index in [-0.39, 0.29) is 12.1 Å². The smallest absolute Gasteiger partial charge is 0.290 e. The Hall–Kier alpha value is -2.37. The topological polar surface area (TPSA) is 57.6 Å². The van der Waals surface area contributed by atoms with Crippen molar-refractivity contribution in [1.82, 2.24) is 4.90 Å². The fraction of sp³-hybridized carbons (Fsp3) is 0.158. The van der Waals surface area contributed by atoms with Crippen LogP contribution in [-0.4, -0.2) is 21.7 Å². The number of aliphatic hydroxyl groups excluding tert-OH is 1. The minimum atomic E-state index is -0.821. The Morgan fingerprint density at radius 2 is 1.73 bits per heavy atom. The Balaban J connectivity index is 2.05. The van der Waals surface area contributed by atoms with Gasteiger partial charge in [-0.3, -0.25) is 9.59 Å². The normalized spacial score (nSPS) is 17.2. The van der Waals surface area contributed by atoms with Crippen molar-refractivity contribution in [2.24, 2.45) is 0 Å². The number of ketones is 1. The standard InChI is InChI=1S/C19H14Cl2FNO3/c1-10(24)16-17(12-2-4-15(22)5-3-12)23(19(26)18(16)25)9-11-6-13(20)8-14(21)7-11/h2-8,17,25H,9H2,1H3. The first-order valence-electron chi connectivity index (χ1n) is 7.73. The van der Waals surface area contributed by atoms with Gasteiger partial charge in [-0.25, -0.2) is 4.39 Å². The number of benzene rings is 2. The molecule has 4 nitrogen and oxygen atoms in total. The van der Waals surface area contributed by atoms with E-state index in [2.05, 4.69) is 0 Å². The van der Waals surface area contributed by atoms with Gasteiger partial charge in [0.15, 0.2) is 11.5 Å². The summed E-state index contributed by atoms with van der Waals surface area (Å²) >= 11 is 12.0. The maximum Gasteiger partial charge on any atom is 0.290 e. The summed E-state index contributed by atoms with van der Waals surface area (Å²) in [6, 6.07) is 9.46. The van der Waals surface area contributed by atoms with Gasteiger partial charge in [0.25, 0.3) is 5.91 Å². The molecule has 1 aliphatic rings. The summed E-state index contributed by atoms with van der Waals surface area (Å²) in [5, 5.41) is 11.0. The van der Waals surface area contributed by atoms with E-state index in [1.807, 2.05) is 0 Å². The highest BCUT2D eigenvalue weighted by Crippen LogP contribution is 2.39. The third-order valence-corrected chi connectivity index (χ3v) is 4.58. The minimum Gasteiger partial charge on any atom is -0.503 e. The summed E-state index contributed by atoms with van der Waals surface area (Å²) in [4.78, 5) is 26.0. The Bertz CT molecular complexity index is 905. The van der Waals surface area contributed by atoms with Crippen LogP contribution in [0.25, 0.3) is 0 Å². The lowest BCUT2D eigenvalue weighted by molar-refractivity contribution is -0.130. The summed E-state index contributed by atoms with van der Waals surface area (Å²) in [7, 11) is 0. The van der Waals surface area contributed by atoms with E-state index < -0.39 is 29.3 Å². The molecule has 1 unspecified atom stereocenters. The van der Waals surface area contributed by atoms with Crippen molar-refractivity contribution in [3.63, 3.8) is 0 Å². The first kappa shape index (κ1) is 18.4. The van der Waals surface area contributed by atoms with Crippen LogP contribution in [0, 0.1) is 5.82 Å². The van der Waals surface area contributed by atoms with E-state index >= 15 is 0 Å². The summed E-state index contributed by atoms with van der Waals surface area (Å²) in [5.41, 5.74) is 1.14. The quantitative estimate of drug-likeness (QED) is 0.824. The molecule has 1 amide bonds. The second-order valence-electron chi connectivity index (χ2n) is 5.98. The number of carbonyl (C=O) groups excluding carboxylic acids is 2. The van der Waals surface area contributed by atoms with E-state index in [4.69, 9.17) is 23.2 Å². The molecule has 0 fully saturated rings. The van der Waals surface area contributed by atoms with Crippen molar-refractivity contribution >= 4 is 34.9 Å². The lowest BCUT2D eigenvalue weighted by atomic mass is 9.96. The average Bonchev–Trinajstić information content (AvgIpc) is 2.80. The maximum atomic E-state index is 13.3. The van der Waals surface area contributed by atoms with Gasteiger partial charge >= 0.3 is 0 Å². The molecule has 0 bridgehead atoms. The van der Waals surface area contributed by atoms with Crippen LogP contribution in [0.1, 0.15) is 24.1 Å². The van der Waals surface area contributed by atoms with Crippen molar-refractivity contribution < 1.29 is 19.1 Å². The molecule has 1 atom stereocenters. The summed E-state index contributed by atoms with van der Waals surface area (Å²) in [5.74, 6) is -2.15. The van der Waals surface area contributed by atoms with Crippen LogP contribution < -0.4 is 0 Å². The number of hydrogen-bond donors (Lipinski definition) is 1. The molecule has 1 N–H and O–H groups in total. The highest BCUT2D eigenvalue weighted by Gasteiger charge is 2.42. The molecule has 0 aliphatic carbocycles. The molecular weight excluding hydrogens is 380 g/mol. The number of amides is 1. The third-order valence-electron chi connectivity index (χ3n) is 4.14. The molecule has 0 saturated heterocycles. The Morgan fingerprint density at radius 3 is 2.27 bits per heavy atom. The van der Waals surface area contributed by atoms with Crippen LogP contribution >= 0.6 is 23.2 Å².